The highest BCUT2D eigenvalue weighted by atomic mass is 32.2. The Hall–Kier alpha value is -1.17. The number of nitrogen functional groups attached to an aromatic ring is 1. The minimum atomic E-state index is 0.312. The molecule has 3 N–H and O–H groups in total. The number of anilines is 1. The standard InChI is InChI=1S/C15H17FN2S2/c1-18-9-12-4-2-3-5-14(12)20-15-7-6-11(10-19-16)8-13(15)17/h2-8,18H,9-10,17H2,1H3. The van der Waals surface area contributed by atoms with Crippen molar-refractivity contribution in [1.82, 2.24) is 5.32 Å². The summed E-state index contributed by atoms with van der Waals surface area (Å²) in [7, 11) is 1.93. The lowest BCUT2D eigenvalue weighted by molar-refractivity contribution is 0.803. The summed E-state index contributed by atoms with van der Waals surface area (Å²) in [5.41, 5.74) is 8.89. The molecule has 0 unspecified atom stereocenters. The highest BCUT2D eigenvalue weighted by Gasteiger charge is 2.07. The molecule has 0 aliphatic carbocycles. The Morgan fingerprint density at radius 2 is 1.95 bits per heavy atom. The van der Waals surface area contributed by atoms with Gasteiger partial charge in [0.2, 0.25) is 0 Å². The maximum absolute atomic E-state index is 12.3. The molecule has 0 aliphatic heterocycles. The Bertz CT molecular complexity index is 576. The summed E-state index contributed by atoms with van der Waals surface area (Å²) in [5, 5.41) is 3.16. The van der Waals surface area contributed by atoms with Gasteiger partial charge in [-0.15, -0.1) is 0 Å². The number of benzene rings is 2. The fourth-order valence-corrected chi connectivity index (χ4v) is 3.18. The molecule has 0 spiro atoms. The number of rotatable bonds is 6. The van der Waals surface area contributed by atoms with Crippen LogP contribution >= 0.6 is 23.9 Å². The first-order chi connectivity index (χ1) is 9.74. The molecule has 0 amide bonds. The van der Waals surface area contributed by atoms with Crippen molar-refractivity contribution in [1.29, 1.82) is 0 Å². The van der Waals surface area contributed by atoms with Crippen LogP contribution < -0.4 is 11.1 Å². The van der Waals surface area contributed by atoms with Gasteiger partial charge in [0.15, 0.2) is 0 Å². The van der Waals surface area contributed by atoms with Crippen molar-refractivity contribution in [3.63, 3.8) is 0 Å². The molecule has 0 bridgehead atoms. The molecule has 0 saturated carbocycles. The van der Waals surface area contributed by atoms with Crippen LogP contribution in [0.25, 0.3) is 0 Å². The maximum atomic E-state index is 12.3. The Morgan fingerprint density at radius 3 is 2.65 bits per heavy atom. The van der Waals surface area contributed by atoms with Crippen LogP contribution in [0, 0.1) is 0 Å². The van der Waals surface area contributed by atoms with Crippen molar-refractivity contribution in [2.45, 2.75) is 22.1 Å². The van der Waals surface area contributed by atoms with Crippen LogP contribution in [-0.4, -0.2) is 7.05 Å². The Kier molecular flexibility index (Phi) is 5.76. The molecule has 106 valence electrons. The van der Waals surface area contributed by atoms with Gasteiger partial charge in [-0.3, -0.25) is 0 Å². The van der Waals surface area contributed by atoms with Crippen LogP contribution in [0.2, 0.25) is 0 Å². The molecular weight excluding hydrogens is 291 g/mol. The van der Waals surface area contributed by atoms with E-state index in [2.05, 4.69) is 17.4 Å². The van der Waals surface area contributed by atoms with Crippen LogP contribution in [0.15, 0.2) is 52.3 Å². The average molecular weight is 308 g/mol. The normalized spacial score (nSPS) is 10.7. The van der Waals surface area contributed by atoms with E-state index < -0.39 is 0 Å². The fraction of sp³-hybridized carbons (Fsp3) is 0.200. The van der Waals surface area contributed by atoms with Gasteiger partial charge in [-0.25, -0.2) is 0 Å². The molecular formula is C15H17FN2S2. The third kappa shape index (κ3) is 3.91. The molecule has 0 saturated heterocycles. The van der Waals surface area contributed by atoms with E-state index in [1.165, 1.54) is 10.5 Å². The number of hydrogen-bond donors (Lipinski definition) is 2. The zero-order chi connectivity index (χ0) is 14.4. The lowest BCUT2D eigenvalue weighted by Crippen LogP contribution is -2.05. The number of nitrogens with two attached hydrogens (primary N) is 1. The highest BCUT2D eigenvalue weighted by molar-refractivity contribution is 7.99. The maximum Gasteiger partial charge on any atom is 0.0502 e. The predicted octanol–water partition coefficient (Wildman–Crippen LogP) is 4.26. The first kappa shape index (κ1) is 15.2. The lowest BCUT2D eigenvalue weighted by Gasteiger charge is -2.11. The van der Waals surface area contributed by atoms with Crippen LogP contribution in [0.3, 0.4) is 0 Å². The third-order valence-electron chi connectivity index (χ3n) is 2.86. The molecule has 2 nitrogen and oxygen atoms in total. The summed E-state index contributed by atoms with van der Waals surface area (Å²) < 4.78 is 12.3. The molecule has 20 heavy (non-hydrogen) atoms. The number of nitrogens with one attached hydrogen (secondary N) is 1. The van der Waals surface area contributed by atoms with Crippen molar-refractivity contribution in [3.8, 4) is 0 Å². The minimum Gasteiger partial charge on any atom is -0.398 e. The number of hydrogen-bond acceptors (Lipinski definition) is 4. The second kappa shape index (κ2) is 7.57. The molecule has 5 heteroatoms. The third-order valence-corrected chi connectivity index (χ3v) is 4.51. The van der Waals surface area contributed by atoms with E-state index in [9.17, 15) is 3.89 Å². The van der Waals surface area contributed by atoms with E-state index in [1.807, 2.05) is 37.4 Å². The molecule has 0 aromatic heterocycles. The summed E-state index contributed by atoms with van der Waals surface area (Å²) in [4.78, 5) is 2.18. The summed E-state index contributed by atoms with van der Waals surface area (Å²) in [6.07, 6.45) is 0. The van der Waals surface area contributed by atoms with Crippen molar-refractivity contribution in [2.24, 2.45) is 0 Å². The Balaban J connectivity index is 2.21. The second-order valence-electron chi connectivity index (χ2n) is 4.37. The Morgan fingerprint density at radius 1 is 1.15 bits per heavy atom. The lowest BCUT2D eigenvalue weighted by atomic mass is 10.2. The van der Waals surface area contributed by atoms with Gasteiger partial charge in [0, 0.05) is 34.2 Å². The average Bonchev–Trinajstić information content (AvgIpc) is 2.44. The quantitative estimate of drug-likeness (QED) is 0.782. The van der Waals surface area contributed by atoms with Gasteiger partial charge in [0.05, 0.1) is 5.75 Å². The van der Waals surface area contributed by atoms with Gasteiger partial charge in [0.1, 0.15) is 0 Å². The van der Waals surface area contributed by atoms with E-state index in [0.29, 0.717) is 23.6 Å². The van der Waals surface area contributed by atoms with Crippen molar-refractivity contribution >= 4 is 29.6 Å². The van der Waals surface area contributed by atoms with Gasteiger partial charge in [-0.05, 0) is 36.4 Å². The summed E-state index contributed by atoms with van der Waals surface area (Å²) >= 11 is 1.95. The molecule has 0 heterocycles. The van der Waals surface area contributed by atoms with Gasteiger partial charge in [-0.1, -0.05) is 36.0 Å². The van der Waals surface area contributed by atoms with Crippen molar-refractivity contribution in [2.75, 3.05) is 12.8 Å². The van der Waals surface area contributed by atoms with Crippen LogP contribution in [0.1, 0.15) is 11.1 Å². The molecule has 2 rings (SSSR count). The monoisotopic (exact) mass is 308 g/mol. The summed E-state index contributed by atoms with van der Waals surface area (Å²) in [6, 6.07) is 14.0. The predicted molar refractivity (Wildman–Crippen MR) is 86.6 cm³/mol. The van der Waals surface area contributed by atoms with E-state index in [1.54, 1.807) is 11.8 Å². The van der Waals surface area contributed by atoms with E-state index in [-0.39, 0.29) is 0 Å². The van der Waals surface area contributed by atoms with Gasteiger partial charge in [-0.2, -0.15) is 3.89 Å². The van der Waals surface area contributed by atoms with Gasteiger partial charge in [0.25, 0.3) is 0 Å². The van der Waals surface area contributed by atoms with Crippen molar-refractivity contribution < 1.29 is 3.89 Å². The van der Waals surface area contributed by atoms with Gasteiger partial charge < -0.3 is 11.1 Å². The molecule has 0 fully saturated rings. The zero-order valence-corrected chi connectivity index (χ0v) is 12.9. The molecule has 2 aromatic carbocycles. The molecule has 2 aromatic rings. The van der Waals surface area contributed by atoms with Crippen LogP contribution in [0.5, 0.6) is 0 Å². The smallest absolute Gasteiger partial charge is 0.0502 e. The largest absolute Gasteiger partial charge is 0.398 e. The second-order valence-corrected chi connectivity index (χ2v) is 5.96. The van der Waals surface area contributed by atoms with Crippen LogP contribution in [0.4, 0.5) is 9.57 Å². The first-order valence-corrected chi connectivity index (χ1v) is 7.97. The molecule has 0 aliphatic rings. The number of halogens is 1. The van der Waals surface area contributed by atoms with E-state index >= 15 is 0 Å². The minimum absolute atomic E-state index is 0.312. The topological polar surface area (TPSA) is 38.0 Å². The molecule has 0 radical (unpaired) electrons. The fourth-order valence-electron chi connectivity index (χ4n) is 1.90. The summed E-state index contributed by atoms with van der Waals surface area (Å²) in [5.74, 6) is 0.339. The van der Waals surface area contributed by atoms with E-state index in [4.69, 9.17) is 5.73 Å². The summed E-state index contributed by atoms with van der Waals surface area (Å²) in [6.45, 7) is 0.819. The SMILES string of the molecule is CNCc1ccccc1Sc1ccc(CSF)cc1N. The zero-order valence-electron chi connectivity index (χ0n) is 11.2. The van der Waals surface area contributed by atoms with E-state index in [0.717, 1.165) is 17.0 Å². The van der Waals surface area contributed by atoms with Crippen LogP contribution in [-0.2, 0) is 12.3 Å². The Labute approximate surface area is 127 Å². The van der Waals surface area contributed by atoms with Crippen molar-refractivity contribution in [3.05, 3.63) is 53.6 Å². The molecule has 0 atom stereocenters. The highest BCUT2D eigenvalue weighted by Crippen LogP contribution is 2.35. The first-order valence-electron chi connectivity index (χ1n) is 6.27. The van der Waals surface area contributed by atoms with Gasteiger partial charge >= 0.3 is 0 Å².